The number of benzene rings is 1. The molecule has 7 heteroatoms. The number of amides is 1. The Morgan fingerprint density at radius 1 is 1.34 bits per heavy atom. The van der Waals surface area contributed by atoms with Crippen molar-refractivity contribution in [2.75, 3.05) is 18.5 Å². The molecule has 0 saturated carbocycles. The smallest absolute Gasteiger partial charge is 0.309 e. The predicted octanol–water partition coefficient (Wildman–Crippen LogP) is 4.00. The van der Waals surface area contributed by atoms with E-state index >= 15 is 0 Å². The van der Waals surface area contributed by atoms with Gasteiger partial charge >= 0.3 is 5.97 Å². The summed E-state index contributed by atoms with van der Waals surface area (Å²) in [4.78, 5) is 25.2. The third-order valence-electron chi connectivity index (χ3n) is 4.90. The molecule has 1 amide bonds. The van der Waals surface area contributed by atoms with E-state index in [1.165, 1.54) is 16.2 Å². The van der Waals surface area contributed by atoms with Crippen LogP contribution in [0.2, 0.25) is 0 Å². The number of anilines is 1. The molecule has 0 fully saturated rings. The number of nitrogens with zero attached hydrogens (tertiary/aromatic N) is 1. The summed E-state index contributed by atoms with van der Waals surface area (Å²) in [6.45, 7) is 3.92. The topological polar surface area (TPSA) is 88.4 Å². The van der Waals surface area contributed by atoms with Gasteiger partial charge in [-0.2, -0.15) is 5.26 Å². The first-order valence-corrected chi connectivity index (χ1v) is 10.5. The zero-order valence-corrected chi connectivity index (χ0v) is 17.4. The summed E-state index contributed by atoms with van der Waals surface area (Å²) in [5.41, 5.74) is 2.58. The number of carbonyl (C=O) groups excluding carboxylic acids is 2. The van der Waals surface area contributed by atoms with E-state index in [4.69, 9.17) is 9.47 Å². The molecule has 1 unspecified atom stereocenters. The van der Waals surface area contributed by atoms with E-state index in [2.05, 4.69) is 18.3 Å². The van der Waals surface area contributed by atoms with Gasteiger partial charge in [-0.1, -0.05) is 25.1 Å². The SMILES string of the molecule is Cc1ccccc1OCCC(=O)OCC(=O)Nc1sc2c(c1C#N)CCC(C)C2. The van der Waals surface area contributed by atoms with E-state index in [0.717, 1.165) is 36.1 Å². The molecule has 1 aromatic carbocycles. The molecule has 1 aliphatic rings. The molecule has 2 aromatic rings. The molecule has 6 nitrogen and oxygen atoms in total. The molecule has 1 atom stereocenters. The minimum atomic E-state index is -0.506. The number of rotatable bonds is 7. The highest BCUT2D eigenvalue weighted by atomic mass is 32.1. The molecule has 1 N–H and O–H groups in total. The highest BCUT2D eigenvalue weighted by Gasteiger charge is 2.24. The monoisotopic (exact) mass is 412 g/mol. The van der Waals surface area contributed by atoms with Gasteiger partial charge in [0, 0.05) is 4.88 Å². The summed E-state index contributed by atoms with van der Waals surface area (Å²) in [5, 5.41) is 12.8. The fourth-order valence-corrected chi connectivity index (χ4v) is 4.68. The second-order valence-corrected chi connectivity index (χ2v) is 8.35. The molecule has 0 spiro atoms. The van der Waals surface area contributed by atoms with Gasteiger partial charge in [-0.05, 0) is 49.3 Å². The minimum absolute atomic E-state index is 0.0518. The predicted molar refractivity (Wildman–Crippen MR) is 111 cm³/mol. The number of nitrogens with one attached hydrogen (secondary N) is 1. The summed E-state index contributed by atoms with van der Waals surface area (Å²) in [7, 11) is 0. The lowest BCUT2D eigenvalue weighted by Gasteiger charge is -2.17. The maximum atomic E-state index is 12.2. The van der Waals surface area contributed by atoms with Crippen LogP contribution >= 0.6 is 11.3 Å². The minimum Gasteiger partial charge on any atom is -0.493 e. The van der Waals surface area contributed by atoms with Crippen LogP contribution in [-0.4, -0.2) is 25.1 Å². The van der Waals surface area contributed by atoms with Crippen LogP contribution in [0.15, 0.2) is 24.3 Å². The van der Waals surface area contributed by atoms with Crippen molar-refractivity contribution in [2.45, 2.75) is 39.5 Å². The number of aryl methyl sites for hydroxylation is 1. The molecule has 0 saturated heterocycles. The Morgan fingerprint density at radius 2 is 2.14 bits per heavy atom. The first kappa shape index (κ1) is 20.9. The first-order valence-electron chi connectivity index (χ1n) is 9.66. The van der Waals surface area contributed by atoms with E-state index < -0.39 is 11.9 Å². The number of esters is 1. The summed E-state index contributed by atoms with van der Waals surface area (Å²) in [6.07, 6.45) is 2.90. The van der Waals surface area contributed by atoms with Gasteiger partial charge in [0.1, 0.15) is 16.8 Å². The van der Waals surface area contributed by atoms with Crippen molar-refractivity contribution < 1.29 is 19.1 Å². The third kappa shape index (κ3) is 5.36. The molecule has 1 aliphatic carbocycles. The van der Waals surface area contributed by atoms with E-state index in [-0.39, 0.29) is 19.6 Å². The molecule has 29 heavy (non-hydrogen) atoms. The second kappa shape index (κ2) is 9.57. The average Bonchev–Trinajstić information content (AvgIpc) is 3.03. The molecular formula is C22H24N2O4S. The number of para-hydroxylation sites is 1. The Labute approximate surface area is 174 Å². The van der Waals surface area contributed by atoms with Gasteiger partial charge in [-0.15, -0.1) is 11.3 Å². The van der Waals surface area contributed by atoms with Crippen LogP contribution < -0.4 is 10.1 Å². The zero-order chi connectivity index (χ0) is 20.8. The van der Waals surface area contributed by atoms with Crippen LogP contribution in [0.3, 0.4) is 0 Å². The molecule has 0 radical (unpaired) electrons. The fraction of sp³-hybridized carbons (Fsp3) is 0.409. The lowest BCUT2D eigenvalue weighted by Crippen LogP contribution is -2.21. The van der Waals surface area contributed by atoms with Gasteiger partial charge < -0.3 is 14.8 Å². The van der Waals surface area contributed by atoms with Crippen molar-refractivity contribution in [1.82, 2.24) is 0 Å². The Morgan fingerprint density at radius 3 is 2.90 bits per heavy atom. The van der Waals surface area contributed by atoms with Crippen molar-refractivity contribution in [3.63, 3.8) is 0 Å². The van der Waals surface area contributed by atoms with Crippen molar-refractivity contribution in [1.29, 1.82) is 5.26 Å². The van der Waals surface area contributed by atoms with E-state index in [1.807, 2.05) is 31.2 Å². The van der Waals surface area contributed by atoms with Crippen molar-refractivity contribution in [3.8, 4) is 11.8 Å². The number of fused-ring (bicyclic) bond motifs is 1. The lowest BCUT2D eigenvalue weighted by atomic mass is 9.89. The molecule has 152 valence electrons. The number of nitriles is 1. The molecule has 0 bridgehead atoms. The van der Waals surface area contributed by atoms with Crippen LogP contribution in [0.25, 0.3) is 0 Å². The van der Waals surface area contributed by atoms with Gasteiger partial charge in [-0.25, -0.2) is 0 Å². The maximum absolute atomic E-state index is 12.2. The second-order valence-electron chi connectivity index (χ2n) is 7.24. The van der Waals surface area contributed by atoms with Crippen LogP contribution in [0.4, 0.5) is 5.00 Å². The van der Waals surface area contributed by atoms with Gasteiger partial charge in [0.15, 0.2) is 6.61 Å². The molecule has 1 heterocycles. The van der Waals surface area contributed by atoms with Gasteiger partial charge in [0.25, 0.3) is 5.91 Å². The Balaban J connectivity index is 1.46. The number of carbonyl (C=O) groups is 2. The number of thiophene rings is 1. The summed E-state index contributed by atoms with van der Waals surface area (Å²) in [6, 6.07) is 9.75. The zero-order valence-electron chi connectivity index (χ0n) is 16.6. The normalized spacial score (nSPS) is 15.1. The van der Waals surface area contributed by atoms with Crippen LogP contribution in [-0.2, 0) is 27.2 Å². The van der Waals surface area contributed by atoms with E-state index in [1.54, 1.807) is 0 Å². The van der Waals surface area contributed by atoms with Crippen LogP contribution in [0.5, 0.6) is 5.75 Å². The first-order chi connectivity index (χ1) is 14.0. The largest absolute Gasteiger partial charge is 0.493 e. The summed E-state index contributed by atoms with van der Waals surface area (Å²) < 4.78 is 10.6. The molecule has 0 aliphatic heterocycles. The number of hydrogen-bond donors (Lipinski definition) is 1. The van der Waals surface area contributed by atoms with Gasteiger partial charge in [-0.3, -0.25) is 9.59 Å². The highest BCUT2D eigenvalue weighted by molar-refractivity contribution is 7.16. The van der Waals surface area contributed by atoms with Crippen LogP contribution in [0.1, 0.15) is 41.3 Å². The Kier molecular flexibility index (Phi) is 6.89. The number of hydrogen-bond acceptors (Lipinski definition) is 6. The van der Waals surface area contributed by atoms with Crippen LogP contribution in [0, 0.1) is 24.2 Å². The average molecular weight is 413 g/mol. The maximum Gasteiger partial charge on any atom is 0.309 e. The Bertz CT molecular complexity index is 945. The lowest BCUT2D eigenvalue weighted by molar-refractivity contribution is -0.147. The summed E-state index contributed by atoms with van der Waals surface area (Å²) >= 11 is 1.45. The number of ether oxygens (including phenoxy) is 2. The quantitative estimate of drug-likeness (QED) is 0.694. The molecular weight excluding hydrogens is 388 g/mol. The highest BCUT2D eigenvalue weighted by Crippen LogP contribution is 2.39. The van der Waals surface area contributed by atoms with Crippen molar-refractivity contribution in [3.05, 3.63) is 45.8 Å². The summed E-state index contributed by atoms with van der Waals surface area (Å²) in [5.74, 6) is 0.354. The Hall–Kier alpha value is -2.85. The third-order valence-corrected chi connectivity index (χ3v) is 6.07. The van der Waals surface area contributed by atoms with Crippen molar-refractivity contribution in [2.24, 2.45) is 5.92 Å². The fourth-order valence-electron chi connectivity index (χ4n) is 3.30. The molecule has 3 rings (SSSR count). The van der Waals surface area contributed by atoms with E-state index in [9.17, 15) is 14.9 Å². The van der Waals surface area contributed by atoms with Gasteiger partial charge in [0.2, 0.25) is 0 Å². The molecule has 1 aromatic heterocycles. The van der Waals surface area contributed by atoms with Gasteiger partial charge in [0.05, 0.1) is 18.6 Å². The standard InChI is InChI=1S/C22H24N2O4S/c1-14-7-8-16-17(12-23)22(29-19(16)11-14)24-20(25)13-28-21(26)9-10-27-18-6-4-3-5-15(18)2/h3-6,14H,7-11,13H2,1-2H3,(H,24,25). The van der Waals surface area contributed by atoms with Crippen molar-refractivity contribution >= 4 is 28.2 Å². The van der Waals surface area contributed by atoms with E-state index in [0.29, 0.717) is 16.5 Å².